The molecule has 4 N–H and O–H groups in total. The fourth-order valence-electron chi connectivity index (χ4n) is 4.44. The third-order valence-electron chi connectivity index (χ3n) is 5.65. The maximum absolute atomic E-state index is 5.92. The third kappa shape index (κ3) is 4.22. The number of aromatic amines is 1. The van der Waals surface area contributed by atoms with E-state index in [4.69, 9.17) is 5.73 Å². The maximum atomic E-state index is 5.92. The number of anilines is 2. The van der Waals surface area contributed by atoms with Gasteiger partial charge in [0.1, 0.15) is 11.3 Å². The smallest absolute Gasteiger partial charge is 0.203 e. The van der Waals surface area contributed by atoms with Gasteiger partial charge in [-0.15, -0.1) is 5.10 Å². The largest absolute Gasteiger partial charge is 0.384 e. The van der Waals surface area contributed by atoms with Gasteiger partial charge in [-0.2, -0.15) is 15.4 Å². The summed E-state index contributed by atoms with van der Waals surface area (Å²) in [5.74, 6) is 0.442. The SMILES string of the molecule is C[C@@H]1CN(c2cccc(Cn3cc(Cc4cc(N)nc5n[nH]nc45)cn3)c2)C[C@H](C)N1. The molecule has 0 bridgehead atoms. The molecule has 5 rings (SSSR count). The Morgan fingerprint density at radius 1 is 1.10 bits per heavy atom. The van der Waals surface area contributed by atoms with Crippen molar-refractivity contribution in [3.8, 4) is 0 Å². The quantitative estimate of drug-likeness (QED) is 0.455. The first-order chi connectivity index (χ1) is 15.0. The summed E-state index contributed by atoms with van der Waals surface area (Å²) in [6.07, 6.45) is 4.64. The highest BCUT2D eigenvalue weighted by molar-refractivity contribution is 5.76. The number of rotatable bonds is 5. The van der Waals surface area contributed by atoms with E-state index in [1.165, 1.54) is 11.3 Å². The van der Waals surface area contributed by atoms with Gasteiger partial charge in [0.15, 0.2) is 0 Å². The van der Waals surface area contributed by atoms with Crippen LogP contribution in [-0.2, 0) is 13.0 Å². The molecule has 31 heavy (non-hydrogen) atoms. The van der Waals surface area contributed by atoms with Gasteiger partial charge in [0.25, 0.3) is 0 Å². The number of H-pyrrole nitrogens is 1. The van der Waals surface area contributed by atoms with E-state index < -0.39 is 0 Å². The Morgan fingerprint density at radius 2 is 1.94 bits per heavy atom. The number of piperazine rings is 1. The fourth-order valence-corrected chi connectivity index (χ4v) is 4.44. The van der Waals surface area contributed by atoms with Crippen LogP contribution < -0.4 is 16.0 Å². The lowest BCUT2D eigenvalue weighted by atomic mass is 10.1. The lowest BCUT2D eigenvalue weighted by molar-refractivity contribution is 0.407. The lowest BCUT2D eigenvalue weighted by Gasteiger charge is -2.37. The van der Waals surface area contributed by atoms with Gasteiger partial charge < -0.3 is 16.0 Å². The summed E-state index contributed by atoms with van der Waals surface area (Å²) >= 11 is 0. The van der Waals surface area contributed by atoms with Crippen molar-refractivity contribution in [1.82, 2.24) is 35.5 Å². The lowest BCUT2D eigenvalue weighted by Crippen LogP contribution is -2.54. The first-order valence-electron chi connectivity index (χ1n) is 10.6. The van der Waals surface area contributed by atoms with Crippen LogP contribution in [0.1, 0.15) is 30.5 Å². The number of nitrogens with one attached hydrogen (secondary N) is 2. The molecule has 0 amide bonds. The minimum absolute atomic E-state index is 0.442. The number of pyridine rings is 1. The molecule has 160 valence electrons. The predicted molar refractivity (Wildman–Crippen MR) is 121 cm³/mol. The summed E-state index contributed by atoms with van der Waals surface area (Å²) < 4.78 is 1.97. The van der Waals surface area contributed by atoms with E-state index in [0.717, 1.165) is 36.3 Å². The van der Waals surface area contributed by atoms with Crippen LogP contribution in [0.3, 0.4) is 0 Å². The minimum Gasteiger partial charge on any atom is -0.384 e. The van der Waals surface area contributed by atoms with Crippen LogP contribution in [0.25, 0.3) is 11.2 Å². The molecule has 1 saturated heterocycles. The van der Waals surface area contributed by atoms with E-state index in [-0.39, 0.29) is 0 Å². The summed E-state index contributed by atoms with van der Waals surface area (Å²) in [5, 5.41) is 19.0. The number of nitrogen functional groups attached to an aromatic ring is 1. The summed E-state index contributed by atoms with van der Waals surface area (Å²) in [6.45, 7) is 7.24. The molecular formula is C22H27N9. The Morgan fingerprint density at radius 3 is 2.77 bits per heavy atom. The highest BCUT2D eigenvalue weighted by atomic mass is 15.3. The Hall–Kier alpha value is -3.46. The van der Waals surface area contributed by atoms with Gasteiger partial charge in [-0.3, -0.25) is 4.68 Å². The van der Waals surface area contributed by atoms with Crippen molar-refractivity contribution in [2.45, 2.75) is 38.9 Å². The number of nitrogens with two attached hydrogens (primary N) is 1. The van der Waals surface area contributed by atoms with Crippen LogP contribution in [0.4, 0.5) is 11.5 Å². The standard InChI is InChI=1S/C22H27N9/c1-14-10-30(11-15(2)25-14)19-5-3-4-16(7-19)12-31-13-17(9-24-31)6-18-8-20(23)26-22-21(18)27-29-28-22/h3-5,7-9,13-15,25H,6,10-12H2,1-2H3,(H3,23,26,27,28,29)/t14-,15+. The second-order valence-corrected chi connectivity index (χ2v) is 8.47. The molecule has 9 heteroatoms. The van der Waals surface area contributed by atoms with E-state index in [0.29, 0.717) is 30.0 Å². The van der Waals surface area contributed by atoms with Gasteiger partial charge in [0.05, 0.1) is 12.7 Å². The molecule has 1 fully saturated rings. The van der Waals surface area contributed by atoms with Gasteiger partial charge in [-0.05, 0) is 48.7 Å². The Kier molecular flexibility index (Phi) is 5.03. The van der Waals surface area contributed by atoms with E-state index in [2.05, 4.69) is 80.0 Å². The molecule has 4 aromatic rings. The molecule has 0 spiro atoms. The van der Waals surface area contributed by atoms with Crippen LogP contribution in [0.2, 0.25) is 0 Å². The van der Waals surface area contributed by atoms with Crippen LogP contribution in [0, 0.1) is 0 Å². The number of aromatic nitrogens is 6. The first kappa shape index (κ1) is 19.5. The van der Waals surface area contributed by atoms with E-state index in [9.17, 15) is 0 Å². The van der Waals surface area contributed by atoms with E-state index >= 15 is 0 Å². The average molecular weight is 418 g/mol. The zero-order valence-electron chi connectivity index (χ0n) is 17.8. The van der Waals surface area contributed by atoms with Crippen LogP contribution in [0.5, 0.6) is 0 Å². The Labute approximate surface area is 180 Å². The second kappa shape index (κ2) is 7.99. The molecule has 1 aliphatic rings. The molecule has 4 heterocycles. The first-order valence-corrected chi connectivity index (χ1v) is 10.6. The monoisotopic (exact) mass is 417 g/mol. The third-order valence-corrected chi connectivity index (χ3v) is 5.65. The molecule has 3 aromatic heterocycles. The van der Waals surface area contributed by atoms with E-state index in [1.54, 1.807) is 0 Å². The number of fused-ring (bicyclic) bond motifs is 1. The molecule has 2 atom stereocenters. The van der Waals surface area contributed by atoms with Gasteiger partial charge in [-0.1, -0.05) is 12.1 Å². The van der Waals surface area contributed by atoms with Crippen LogP contribution in [-0.4, -0.2) is 55.3 Å². The number of hydrogen-bond acceptors (Lipinski definition) is 7. The van der Waals surface area contributed by atoms with Crippen molar-refractivity contribution < 1.29 is 0 Å². The summed E-state index contributed by atoms with van der Waals surface area (Å²) in [4.78, 5) is 6.66. The zero-order chi connectivity index (χ0) is 21.4. The predicted octanol–water partition coefficient (Wildman–Crippen LogP) is 1.96. The number of benzene rings is 1. The zero-order valence-corrected chi connectivity index (χ0v) is 17.8. The molecule has 1 aliphatic heterocycles. The molecule has 0 radical (unpaired) electrons. The number of nitrogens with zero attached hydrogens (tertiary/aromatic N) is 6. The number of hydrogen-bond donors (Lipinski definition) is 3. The van der Waals surface area contributed by atoms with Crippen molar-refractivity contribution in [3.63, 3.8) is 0 Å². The molecule has 9 nitrogen and oxygen atoms in total. The minimum atomic E-state index is 0.442. The topological polar surface area (TPSA) is 114 Å². The normalized spacial score (nSPS) is 19.2. The van der Waals surface area contributed by atoms with Gasteiger partial charge in [0.2, 0.25) is 5.65 Å². The summed E-state index contributed by atoms with van der Waals surface area (Å²) in [6, 6.07) is 11.6. The van der Waals surface area contributed by atoms with Crippen LogP contribution >= 0.6 is 0 Å². The molecule has 0 aliphatic carbocycles. The van der Waals surface area contributed by atoms with Crippen LogP contribution in [0.15, 0.2) is 42.7 Å². The van der Waals surface area contributed by atoms with Crippen molar-refractivity contribution in [3.05, 3.63) is 59.4 Å². The average Bonchev–Trinajstić information content (AvgIpc) is 3.37. The molecule has 0 saturated carbocycles. The highest BCUT2D eigenvalue weighted by Crippen LogP contribution is 2.21. The maximum Gasteiger partial charge on any atom is 0.203 e. The summed E-state index contributed by atoms with van der Waals surface area (Å²) in [5.41, 5.74) is 11.8. The molecule has 0 unspecified atom stereocenters. The van der Waals surface area contributed by atoms with Crippen molar-refractivity contribution >= 4 is 22.7 Å². The van der Waals surface area contributed by atoms with E-state index in [1.807, 2.05) is 16.9 Å². The second-order valence-electron chi connectivity index (χ2n) is 8.47. The fraction of sp³-hybridized carbons (Fsp3) is 0.364. The van der Waals surface area contributed by atoms with Crippen molar-refractivity contribution in [1.29, 1.82) is 0 Å². The van der Waals surface area contributed by atoms with Crippen molar-refractivity contribution in [2.75, 3.05) is 23.7 Å². The Balaban J connectivity index is 1.31. The van der Waals surface area contributed by atoms with Crippen molar-refractivity contribution in [2.24, 2.45) is 0 Å². The van der Waals surface area contributed by atoms with Gasteiger partial charge in [-0.25, -0.2) is 4.98 Å². The summed E-state index contributed by atoms with van der Waals surface area (Å²) in [7, 11) is 0. The van der Waals surface area contributed by atoms with Gasteiger partial charge >= 0.3 is 0 Å². The Bertz CT molecular complexity index is 1180. The molecular weight excluding hydrogens is 390 g/mol. The van der Waals surface area contributed by atoms with Gasteiger partial charge in [0, 0.05) is 43.5 Å². The molecule has 1 aromatic carbocycles. The highest BCUT2D eigenvalue weighted by Gasteiger charge is 2.21.